The van der Waals surface area contributed by atoms with Crippen molar-refractivity contribution in [1.82, 2.24) is 24.6 Å². The van der Waals surface area contributed by atoms with Crippen LogP contribution in [0.25, 0.3) is 11.2 Å². The molecule has 0 bridgehead atoms. The first-order chi connectivity index (χ1) is 15.2. The molecule has 6 unspecified atom stereocenters. The number of aromatic nitrogens is 4. The molecular formula is C18H19ClFN6O5P. The van der Waals surface area contributed by atoms with Gasteiger partial charge in [0.25, 0.3) is 0 Å². The summed E-state index contributed by atoms with van der Waals surface area (Å²) in [5.41, 5.74) is 7.02. The fraction of sp³-hybridized carbons (Fsp3) is 0.389. The van der Waals surface area contributed by atoms with E-state index in [0.717, 1.165) is 5.56 Å². The minimum absolute atomic E-state index is 0.0481. The number of imidazole rings is 1. The fourth-order valence-electron chi connectivity index (χ4n) is 4.06. The molecule has 1 saturated carbocycles. The number of aliphatic hydroxyl groups excluding tert-OH is 1. The third-order valence-corrected chi connectivity index (χ3v) is 6.86. The number of anilines is 1. The van der Waals surface area contributed by atoms with Gasteiger partial charge in [0.05, 0.1) is 25.0 Å². The molecule has 2 aromatic heterocycles. The first-order valence-electron chi connectivity index (χ1n) is 9.66. The summed E-state index contributed by atoms with van der Waals surface area (Å²) >= 11 is 5.84. The van der Waals surface area contributed by atoms with Crippen LogP contribution in [0.5, 0.6) is 0 Å². The molecule has 32 heavy (non-hydrogen) atoms. The third-order valence-electron chi connectivity index (χ3n) is 5.63. The predicted octanol–water partition coefficient (Wildman–Crippen LogP) is 1.57. The van der Waals surface area contributed by atoms with Crippen LogP contribution < -0.4 is 10.8 Å². The Morgan fingerprint density at radius 3 is 2.81 bits per heavy atom. The van der Waals surface area contributed by atoms with Gasteiger partial charge in [-0.15, -0.1) is 0 Å². The summed E-state index contributed by atoms with van der Waals surface area (Å²) in [5.74, 6) is -3.12. The molecule has 2 fully saturated rings. The van der Waals surface area contributed by atoms with Crippen LogP contribution in [-0.2, 0) is 20.4 Å². The zero-order valence-electron chi connectivity index (χ0n) is 16.4. The Hall–Kier alpha value is -2.18. The summed E-state index contributed by atoms with van der Waals surface area (Å²) in [5, 5.41) is 12.9. The van der Waals surface area contributed by atoms with Gasteiger partial charge in [0, 0.05) is 6.54 Å². The van der Waals surface area contributed by atoms with Crippen LogP contribution >= 0.6 is 19.3 Å². The summed E-state index contributed by atoms with van der Waals surface area (Å²) in [7, 11) is -4.20. The normalized spacial score (nSPS) is 30.9. The number of nitrogen functional groups attached to an aromatic ring is 1. The lowest BCUT2D eigenvalue weighted by molar-refractivity contribution is -0.118. The number of fused-ring (bicyclic) bond motifs is 2. The SMILES string of the molecule is Nc1nc(Cl)nc2c1ncn2C1C2C(O)C(COP(=O)(O)NCc3ccccc3)OC21F. The van der Waals surface area contributed by atoms with Crippen LogP contribution in [0.4, 0.5) is 10.2 Å². The van der Waals surface area contributed by atoms with Gasteiger partial charge in [0.15, 0.2) is 11.5 Å². The lowest BCUT2D eigenvalue weighted by Crippen LogP contribution is -2.33. The Morgan fingerprint density at radius 1 is 1.38 bits per heavy atom. The summed E-state index contributed by atoms with van der Waals surface area (Å²) < 4.78 is 39.4. The van der Waals surface area contributed by atoms with Gasteiger partial charge in [-0.2, -0.15) is 9.97 Å². The lowest BCUT2D eigenvalue weighted by Gasteiger charge is -2.22. The quantitative estimate of drug-likeness (QED) is 0.286. The van der Waals surface area contributed by atoms with Crippen LogP contribution in [0.2, 0.25) is 5.28 Å². The Kier molecular flexibility index (Phi) is 5.21. The largest absolute Gasteiger partial charge is 0.403 e. The smallest absolute Gasteiger partial charge is 0.390 e. The minimum atomic E-state index is -4.20. The third kappa shape index (κ3) is 3.67. The first-order valence-corrected chi connectivity index (χ1v) is 11.6. The molecule has 1 saturated heterocycles. The summed E-state index contributed by atoms with van der Waals surface area (Å²) in [6.07, 6.45) is -1.09. The molecule has 1 aliphatic heterocycles. The van der Waals surface area contributed by atoms with Crippen LogP contribution in [0, 0.1) is 5.92 Å². The highest BCUT2D eigenvalue weighted by molar-refractivity contribution is 7.50. The molecule has 0 amide bonds. The van der Waals surface area contributed by atoms with Crippen molar-refractivity contribution in [2.45, 2.75) is 30.6 Å². The van der Waals surface area contributed by atoms with Crippen molar-refractivity contribution in [1.29, 1.82) is 0 Å². The van der Waals surface area contributed by atoms with E-state index in [-0.39, 0.29) is 28.8 Å². The maximum Gasteiger partial charge on any atom is 0.403 e. The van der Waals surface area contributed by atoms with Gasteiger partial charge in [0.2, 0.25) is 11.1 Å². The Balaban J connectivity index is 1.23. The molecule has 3 heterocycles. The standard InChI is InChI=1S/C18H19ClFN6O5P/c19-17-24-15(21)12-16(25-17)26(8-22-12)14-11-13(27)10(31-18(11,14)20)7-30-32(28,29)23-6-9-4-2-1-3-5-9/h1-5,8,10-11,13-14,27H,6-7H2,(H2,21,24,25)(H2,23,28,29). The molecular weight excluding hydrogens is 466 g/mol. The van der Waals surface area contributed by atoms with E-state index < -0.39 is 44.4 Å². The predicted molar refractivity (Wildman–Crippen MR) is 111 cm³/mol. The second kappa shape index (κ2) is 7.70. The maximum absolute atomic E-state index is 15.4. The van der Waals surface area contributed by atoms with E-state index in [1.165, 1.54) is 10.9 Å². The van der Waals surface area contributed by atoms with E-state index in [4.69, 9.17) is 26.6 Å². The van der Waals surface area contributed by atoms with Gasteiger partial charge in [-0.05, 0) is 17.2 Å². The summed E-state index contributed by atoms with van der Waals surface area (Å²) in [4.78, 5) is 21.9. The van der Waals surface area contributed by atoms with E-state index in [0.29, 0.717) is 0 Å². The van der Waals surface area contributed by atoms with Crippen LogP contribution in [0.1, 0.15) is 11.6 Å². The number of halogens is 2. The molecule has 5 rings (SSSR count). The zero-order valence-corrected chi connectivity index (χ0v) is 18.0. The Bertz CT molecular complexity index is 1220. The number of aliphatic hydroxyl groups is 1. The second-order valence-corrected chi connectivity index (χ2v) is 9.61. The number of nitrogens with two attached hydrogens (primary N) is 1. The molecule has 5 N–H and O–H groups in total. The molecule has 3 aromatic rings. The highest BCUT2D eigenvalue weighted by Crippen LogP contribution is 2.66. The van der Waals surface area contributed by atoms with E-state index in [2.05, 4.69) is 20.0 Å². The molecule has 6 atom stereocenters. The first kappa shape index (κ1) is 21.7. The highest BCUT2D eigenvalue weighted by Gasteiger charge is 2.78. The van der Waals surface area contributed by atoms with E-state index in [9.17, 15) is 14.6 Å². The molecule has 1 aliphatic carbocycles. The van der Waals surface area contributed by atoms with Crippen molar-refractivity contribution in [3.63, 3.8) is 0 Å². The molecule has 14 heteroatoms. The number of hydrogen-bond acceptors (Lipinski definition) is 8. The van der Waals surface area contributed by atoms with Crippen molar-refractivity contribution in [3.05, 3.63) is 47.5 Å². The second-order valence-electron chi connectivity index (χ2n) is 7.65. The van der Waals surface area contributed by atoms with Gasteiger partial charge in [-0.25, -0.2) is 19.0 Å². The fourth-order valence-corrected chi connectivity index (χ4v) is 5.05. The average Bonchev–Trinajstić information content (AvgIpc) is 3.01. The Morgan fingerprint density at radius 2 is 2.12 bits per heavy atom. The molecule has 2 aliphatic rings. The van der Waals surface area contributed by atoms with Gasteiger partial charge in [0.1, 0.15) is 17.7 Å². The monoisotopic (exact) mass is 484 g/mol. The maximum atomic E-state index is 15.4. The van der Waals surface area contributed by atoms with Crippen molar-refractivity contribution in [2.75, 3.05) is 12.3 Å². The van der Waals surface area contributed by atoms with Gasteiger partial charge >= 0.3 is 7.75 Å². The minimum Gasteiger partial charge on any atom is -0.390 e. The van der Waals surface area contributed by atoms with Crippen molar-refractivity contribution >= 4 is 36.3 Å². The topological polar surface area (TPSA) is 158 Å². The molecule has 1 aromatic carbocycles. The number of benzene rings is 1. The Labute approximate surface area is 185 Å². The average molecular weight is 485 g/mol. The molecule has 170 valence electrons. The number of ether oxygens (including phenoxy) is 1. The van der Waals surface area contributed by atoms with Crippen LogP contribution in [-0.4, -0.2) is 54.2 Å². The number of nitrogens with zero attached hydrogens (tertiary/aromatic N) is 4. The number of alkyl halides is 1. The van der Waals surface area contributed by atoms with Crippen LogP contribution in [0.3, 0.4) is 0 Å². The molecule has 11 nitrogen and oxygen atoms in total. The van der Waals surface area contributed by atoms with Crippen molar-refractivity contribution in [2.24, 2.45) is 5.92 Å². The van der Waals surface area contributed by atoms with Gasteiger partial charge in [-0.1, -0.05) is 30.3 Å². The number of rotatable bonds is 7. The van der Waals surface area contributed by atoms with Gasteiger partial charge in [-0.3, -0.25) is 4.52 Å². The molecule has 0 spiro atoms. The van der Waals surface area contributed by atoms with Gasteiger partial charge < -0.3 is 25.0 Å². The highest BCUT2D eigenvalue weighted by atomic mass is 35.5. The number of nitrogens with one attached hydrogen (secondary N) is 1. The van der Waals surface area contributed by atoms with Crippen LogP contribution in [0.15, 0.2) is 36.7 Å². The lowest BCUT2D eigenvalue weighted by atomic mass is 10.1. The van der Waals surface area contributed by atoms with E-state index in [1.54, 1.807) is 24.3 Å². The zero-order chi connectivity index (χ0) is 22.7. The number of hydrogen-bond donors (Lipinski definition) is 4. The molecule has 0 radical (unpaired) electrons. The van der Waals surface area contributed by atoms with E-state index >= 15 is 4.39 Å². The van der Waals surface area contributed by atoms with Crippen molar-refractivity contribution in [3.8, 4) is 0 Å². The van der Waals surface area contributed by atoms with Crippen molar-refractivity contribution < 1.29 is 28.2 Å². The summed E-state index contributed by atoms with van der Waals surface area (Å²) in [6.45, 7) is -0.376. The summed E-state index contributed by atoms with van der Waals surface area (Å²) in [6, 6.07) is 8.06. The van der Waals surface area contributed by atoms with E-state index in [1.807, 2.05) is 6.07 Å².